The SMILES string of the molecule is CCNC(=NCC(O)(CC)CC)NCC1CCCS1.I. The van der Waals surface area contributed by atoms with Crippen molar-refractivity contribution in [1.29, 1.82) is 0 Å². The standard InChI is InChI=1S/C14H29N3OS.HI/c1-4-14(18,5-2)11-17-13(15-6-3)16-10-12-8-7-9-19-12;/h12,18H,4-11H2,1-3H3,(H2,15,16,17);1H. The average molecular weight is 415 g/mol. The highest BCUT2D eigenvalue weighted by molar-refractivity contribution is 14.0. The van der Waals surface area contributed by atoms with Crippen LogP contribution < -0.4 is 10.6 Å². The van der Waals surface area contributed by atoms with E-state index in [1.54, 1.807) is 0 Å². The second kappa shape index (κ2) is 11.0. The van der Waals surface area contributed by atoms with E-state index in [9.17, 15) is 5.11 Å². The van der Waals surface area contributed by atoms with Crippen molar-refractivity contribution < 1.29 is 5.11 Å². The average Bonchev–Trinajstić information content (AvgIpc) is 2.95. The largest absolute Gasteiger partial charge is 0.388 e. The third-order valence-electron chi connectivity index (χ3n) is 3.71. The molecule has 0 aromatic rings. The van der Waals surface area contributed by atoms with Gasteiger partial charge < -0.3 is 15.7 Å². The van der Waals surface area contributed by atoms with Gasteiger partial charge in [0, 0.05) is 18.3 Å². The fraction of sp³-hybridized carbons (Fsp3) is 0.929. The normalized spacial score (nSPS) is 19.6. The van der Waals surface area contributed by atoms with Crippen LogP contribution in [0.1, 0.15) is 46.5 Å². The molecule has 1 aliphatic heterocycles. The van der Waals surface area contributed by atoms with Crippen LogP contribution >= 0.6 is 35.7 Å². The number of rotatable bonds is 7. The first-order chi connectivity index (χ1) is 9.13. The number of hydrogen-bond donors (Lipinski definition) is 3. The van der Waals surface area contributed by atoms with Crippen molar-refractivity contribution in [2.45, 2.75) is 57.3 Å². The van der Waals surface area contributed by atoms with Crippen LogP contribution in [0.5, 0.6) is 0 Å². The number of nitrogens with one attached hydrogen (secondary N) is 2. The Labute approximate surface area is 145 Å². The Morgan fingerprint density at radius 3 is 2.50 bits per heavy atom. The highest BCUT2D eigenvalue weighted by atomic mass is 127. The van der Waals surface area contributed by atoms with Crippen molar-refractivity contribution in [1.82, 2.24) is 10.6 Å². The van der Waals surface area contributed by atoms with E-state index < -0.39 is 5.60 Å². The van der Waals surface area contributed by atoms with E-state index in [4.69, 9.17) is 0 Å². The quantitative estimate of drug-likeness (QED) is 0.340. The Kier molecular flexibility index (Phi) is 11.1. The van der Waals surface area contributed by atoms with Crippen molar-refractivity contribution >= 4 is 41.7 Å². The number of nitrogens with zero attached hydrogens (tertiary/aromatic N) is 1. The minimum Gasteiger partial charge on any atom is -0.388 e. The van der Waals surface area contributed by atoms with Gasteiger partial charge in [-0.15, -0.1) is 24.0 Å². The van der Waals surface area contributed by atoms with Crippen LogP contribution in [0.2, 0.25) is 0 Å². The van der Waals surface area contributed by atoms with E-state index in [-0.39, 0.29) is 24.0 Å². The molecule has 0 aromatic carbocycles. The molecule has 1 heterocycles. The number of thioether (sulfide) groups is 1. The number of aliphatic hydroxyl groups is 1. The molecule has 1 fully saturated rings. The van der Waals surface area contributed by atoms with Gasteiger partial charge in [0.1, 0.15) is 0 Å². The molecular formula is C14H30IN3OS. The van der Waals surface area contributed by atoms with Gasteiger partial charge in [-0.05, 0) is 38.4 Å². The van der Waals surface area contributed by atoms with Gasteiger partial charge in [0.25, 0.3) is 0 Å². The molecule has 0 aromatic heterocycles. The molecule has 4 nitrogen and oxygen atoms in total. The molecule has 6 heteroatoms. The molecule has 0 aliphatic carbocycles. The van der Waals surface area contributed by atoms with Gasteiger partial charge in [-0.1, -0.05) is 13.8 Å². The van der Waals surface area contributed by atoms with Crippen molar-refractivity contribution in [3.8, 4) is 0 Å². The molecule has 0 bridgehead atoms. The van der Waals surface area contributed by atoms with Gasteiger partial charge in [-0.2, -0.15) is 11.8 Å². The molecule has 0 radical (unpaired) electrons. The van der Waals surface area contributed by atoms with E-state index in [1.807, 2.05) is 25.6 Å². The number of guanidine groups is 1. The summed E-state index contributed by atoms with van der Waals surface area (Å²) in [6, 6.07) is 0. The Morgan fingerprint density at radius 2 is 2.00 bits per heavy atom. The molecule has 120 valence electrons. The van der Waals surface area contributed by atoms with Gasteiger partial charge in [0.2, 0.25) is 0 Å². The van der Waals surface area contributed by atoms with Crippen LogP contribution in [0.15, 0.2) is 4.99 Å². The van der Waals surface area contributed by atoms with E-state index in [0.29, 0.717) is 11.8 Å². The highest BCUT2D eigenvalue weighted by Crippen LogP contribution is 2.25. The maximum atomic E-state index is 10.3. The molecule has 1 rings (SSSR count). The highest BCUT2D eigenvalue weighted by Gasteiger charge is 2.22. The second-order valence-corrected chi connectivity index (χ2v) is 6.55. The Morgan fingerprint density at radius 1 is 1.30 bits per heavy atom. The molecule has 0 saturated carbocycles. The molecule has 1 aliphatic rings. The molecule has 0 amide bonds. The van der Waals surface area contributed by atoms with Crippen LogP contribution in [-0.2, 0) is 0 Å². The molecule has 3 N–H and O–H groups in total. The molecule has 0 spiro atoms. The predicted octanol–water partition coefficient (Wildman–Crippen LogP) is 2.61. The third-order valence-corrected chi connectivity index (χ3v) is 5.11. The van der Waals surface area contributed by atoms with E-state index in [0.717, 1.165) is 31.9 Å². The lowest BCUT2D eigenvalue weighted by molar-refractivity contribution is 0.0418. The lowest BCUT2D eigenvalue weighted by Crippen LogP contribution is -2.42. The first-order valence-electron chi connectivity index (χ1n) is 7.49. The predicted molar refractivity (Wildman–Crippen MR) is 100 cm³/mol. The first-order valence-corrected chi connectivity index (χ1v) is 8.54. The lowest BCUT2D eigenvalue weighted by Gasteiger charge is -2.23. The van der Waals surface area contributed by atoms with Crippen LogP contribution in [0.25, 0.3) is 0 Å². The van der Waals surface area contributed by atoms with Crippen molar-refractivity contribution in [2.24, 2.45) is 4.99 Å². The van der Waals surface area contributed by atoms with Gasteiger partial charge >= 0.3 is 0 Å². The minimum atomic E-state index is -0.662. The van der Waals surface area contributed by atoms with Crippen LogP contribution in [0.3, 0.4) is 0 Å². The third kappa shape index (κ3) is 7.36. The summed E-state index contributed by atoms with van der Waals surface area (Å²) in [4.78, 5) is 4.52. The maximum Gasteiger partial charge on any atom is 0.191 e. The minimum absolute atomic E-state index is 0. The molecule has 1 unspecified atom stereocenters. The monoisotopic (exact) mass is 415 g/mol. The van der Waals surface area contributed by atoms with Crippen molar-refractivity contribution in [3.63, 3.8) is 0 Å². The zero-order valence-corrected chi connectivity index (χ0v) is 16.1. The van der Waals surface area contributed by atoms with E-state index in [1.165, 1.54) is 18.6 Å². The van der Waals surface area contributed by atoms with Crippen molar-refractivity contribution in [3.05, 3.63) is 0 Å². The number of halogens is 1. The maximum absolute atomic E-state index is 10.3. The lowest BCUT2D eigenvalue weighted by atomic mass is 9.98. The van der Waals surface area contributed by atoms with Gasteiger partial charge in [0.15, 0.2) is 5.96 Å². The number of hydrogen-bond acceptors (Lipinski definition) is 3. The Bertz CT molecular complexity index is 280. The van der Waals surface area contributed by atoms with Gasteiger partial charge in [-0.25, -0.2) is 0 Å². The van der Waals surface area contributed by atoms with Crippen LogP contribution in [0.4, 0.5) is 0 Å². The topological polar surface area (TPSA) is 56.7 Å². The smallest absolute Gasteiger partial charge is 0.191 e. The van der Waals surface area contributed by atoms with Gasteiger partial charge in [-0.3, -0.25) is 4.99 Å². The zero-order valence-electron chi connectivity index (χ0n) is 12.9. The first kappa shape index (κ1) is 20.3. The summed E-state index contributed by atoms with van der Waals surface area (Å²) in [5.41, 5.74) is -0.662. The molecule has 1 saturated heterocycles. The van der Waals surface area contributed by atoms with E-state index >= 15 is 0 Å². The summed E-state index contributed by atoms with van der Waals surface area (Å²) in [6.07, 6.45) is 4.11. The summed E-state index contributed by atoms with van der Waals surface area (Å²) in [6.45, 7) is 8.36. The van der Waals surface area contributed by atoms with Crippen molar-refractivity contribution in [2.75, 3.05) is 25.4 Å². The fourth-order valence-electron chi connectivity index (χ4n) is 2.06. The molecule has 1 atom stereocenters. The molecular weight excluding hydrogens is 385 g/mol. The molecule has 20 heavy (non-hydrogen) atoms. The Hall–Kier alpha value is 0.310. The summed E-state index contributed by atoms with van der Waals surface area (Å²) in [5.74, 6) is 2.11. The van der Waals surface area contributed by atoms with Crippen LogP contribution in [0, 0.1) is 0 Å². The van der Waals surface area contributed by atoms with Crippen LogP contribution in [-0.4, -0.2) is 47.3 Å². The van der Waals surface area contributed by atoms with E-state index in [2.05, 4.69) is 22.5 Å². The zero-order chi connectivity index (χ0) is 14.1. The second-order valence-electron chi connectivity index (χ2n) is 5.14. The summed E-state index contributed by atoms with van der Waals surface area (Å²) in [7, 11) is 0. The fourth-order valence-corrected chi connectivity index (χ4v) is 3.26. The number of aliphatic imine (C=N–C) groups is 1. The van der Waals surface area contributed by atoms with Gasteiger partial charge in [0.05, 0.1) is 12.1 Å². The summed E-state index contributed by atoms with van der Waals surface area (Å²) < 4.78 is 0. The summed E-state index contributed by atoms with van der Waals surface area (Å²) >= 11 is 2.04. The Balaban J connectivity index is 0.00000361. The summed E-state index contributed by atoms with van der Waals surface area (Å²) in [5, 5.41) is 17.6.